The van der Waals surface area contributed by atoms with Gasteiger partial charge in [-0.05, 0) is 55.7 Å². The lowest BCUT2D eigenvalue weighted by atomic mass is 9.77. The number of piperidine rings is 1. The molecule has 0 amide bonds. The highest BCUT2D eigenvalue weighted by atomic mass is 16.4. The van der Waals surface area contributed by atoms with Gasteiger partial charge in [0, 0.05) is 13.1 Å². The Labute approximate surface area is 120 Å². The lowest BCUT2D eigenvalue weighted by Crippen LogP contribution is -2.39. The number of anilines is 1. The molecule has 0 unspecified atom stereocenters. The average Bonchev–Trinajstić information content (AvgIpc) is 2.87. The van der Waals surface area contributed by atoms with E-state index in [0.717, 1.165) is 24.3 Å². The van der Waals surface area contributed by atoms with Gasteiger partial charge in [-0.2, -0.15) is 0 Å². The molecule has 1 saturated heterocycles. The molecule has 3 heteroatoms. The first kappa shape index (κ1) is 13.5. The fourth-order valence-electron chi connectivity index (χ4n) is 3.93. The zero-order valence-electron chi connectivity index (χ0n) is 12.2. The summed E-state index contributed by atoms with van der Waals surface area (Å²) < 4.78 is 0. The number of carbonyl (C=O) groups is 1. The van der Waals surface area contributed by atoms with Crippen LogP contribution in [0.15, 0.2) is 18.2 Å². The van der Waals surface area contributed by atoms with Crippen LogP contribution in [0.25, 0.3) is 0 Å². The second-order valence-corrected chi connectivity index (χ2v) is 6.52. The van der Waals surface area contributed by atoms with Crippen molar-refractivity contribution in [1.82, 2.24) is 0 Å². The molecule has 3 rings (SSSR count). The van der Waals surface area contributed by atoms with E-state index >= 15 is 0 Å². The minimum absolute atomic E-state index is 0.443. The molecule has 1 aromatic carbocycles. The minimum atomic E-state index is -0.818. The summed E-state index contributed by atoms with van der Waals surface area (Å²) in [7, 11) is 0. The fraction of sp³-hybridized carbons (Fsp3) is 0.588. The van der Waals surface area contributed by atoms with E-state index in [2.05, 4.69) is 4.90 Å². The van der Waals surface area contributed by atoms with Crippen molar-refractivity contribution in [3.8, 4) is 0 Å². The first-order valence-electron chi connectivity index (χ1n) is 7.69. The Bertz CT molecular complexity index is 508. The van der Waals surface area contributed by atoms with Crippen LogP contribution in [0.2, 0.25) is 0 Å². The summed E-state index contributed by atoms with van der Waals surface area (Å²) in [4.78, 5) is 13.7. The average molecular weight is 273 g/mol. The number of aromatic carboxylic acids is 1. The van der Waals surface area contributed by atoms with Crippen molar-refractivity contribution in [2.75, 3.05) is 18.0 Å². The Morgan fingerprint density at radius 2 is 1.80 bits per heavy atom. The van der Waals surface area contributed by atoms with E-state index in [4.69, 9.17) is 0 Å². The Balaban J connectivity index is 1.80. The molecule has 1 saturated carbocycles. The van der Waals surface area contributed by atoms with Gasteiger partial charge in [-0.25, -0.2) is 4.79 Å². The number of carboxylic acids is 1. The van der Waals surface area contributed by atoms with Gasteiger partial charge in [-0.1, -0.05) is 18.9 Å². The van der Waals surface area contributed by atoms with Gasteiger partial charge in [0.1, 0.15) is 0 Å². The molecule has 1 N–H and O–H groups in total. The predicted molar refractivity (Wildman–Crippen MR) is 80.5 cm³/mol. The monoisotopic (exact) mass is 273 g/mol. The molecule has 2 aliphatic rings. The van der Waals surface area contributed by atoms with Crippen molar-refractivity contribution < 1.29 is 9.90 Å². The van der Waals surface area contributed by atoms with E-state index in [9.17, 15) is 9.90 Å². The van der Waals surface area contributed by atoms with Crippen LogP contribution in [0.5, 0.6) is 0 Å². The molecule has 3 nitrogen and oxygen atoms in total. The highest BCUT2D eigenvalue weighted by Crippen LogP contribution is 2.46. The molecular formula is C17H23NO2. The molecule has 0 bridgehead atoms. The molecule has 0 radical (unpaired) electrons. The van der Waals surface area contributed by atoms with E-state index in [1.165, 1.54) is 38.5 Å². The zero-order valence-corrected chi connectivity index (χ0v) is 12.2. The van der Waals surface area contributed by atoms with Gasteiger partial charge in [0.15, 0.2) is 0 Å². The van der Waals surface area contributed by atoms with E-state index < -0.39 is 5.97 Å². The third-order valence-electron chi connectivity index (χ3n) is 5.21. The van der Waals surface area contributed by atoms with Gasteiger partial charge in [-0.15, -0.1) is 0 Å². The van der Waals surface area contributed by atoms with Crippen molar-refractivity contribution >= 4 is 11.7 Å². The van der Waals surface area contributed by atoms with Crippen LogP contribution in [0.4, 0.5) is 5.69 Å². The van der Waals surface area contributed by atoms with Crippen molar-refractivity contribution in [3.63, 3.8) is 0 Å². The summed E-state index contributed by atoms with van der Waals surface area (Å²) in [6.45, 7) is 4.03. The second kappa shape index (κ2) is 5.12. The van der Waals surface area contributed by atoms with Crippen molar-refractivity contribution in [3.05, 3.63) is 29.3 Å². The van der Waals surface area contributed by atoms with Crippen LogP contribution < -0.4 is 4.90 Å². The summed E-state index contributed by atoms with van der Waals surface area (Å²) in [5, 5.41) is 9.37. The lowest BCUT2D eigenvalue weighted by molar-refractivity contribution is 0.0697. The Kier molecular flexibility index (Phi) is 3.45. The van der Waals surface area contributed by atoms with E-state index in [0.29, 0.717) is 11.0 Å². The highest BCUT2D eigenvalue weighted by Gasteiger charge is 2.37. The summed E-state index contributed by atoms with van der Waals surface area (Å²) in [5.74, 6) is -0.818. The Morgan fingerprint density at radius 1 is 1.15 bits per heavy atom. The van der Waals surface area contributed by atoms with Gasteiger partial charge < -0.3 is 10.0 Å². The smallest absolute Gasteiger partial charge is 0.337 e. The van der Waals surface area contributed by atoms with Crippen LogP contribution in [-0.2, 0) is 0 Å². The molecule has 1 aromatic rings. The van der Waals surface area contributed by atoms with Crippen molar-refractivity contribution in [2.45, 2.75) is 45.4 Å². The fourth-order valence-corrected chi connectivity index (χ4v) is 3.93. The van der Waals surface area contributed by atoms with Gasteiger partial charge in [-0.3, -0.25) is 0 Å². The largest absolute Gasteiger partial charge is 0.478 e. The first-order chi connectivity index (χ1) is 9.60. The molecule has 2 fully saturated rings. The van der Waals surface area contributed by atoms with Gasteiger partial charge in [0.2, 0.25) is 0 Å². The van der Waals surface area contributed by atoms with Crippen LogP contribution >= 0.6 is 0 Å². The standard InChI is InChI=1S/C17H23NO2/c1-13-4-5-14(16(19)20)15(12-13)18-10-8-17(9-11-18)6-2-3-7-17/h4-5,12H,2-3,6-11H2,1H3,(H,19,20). The quantitative estimate of drug-likeness (QED) is 0.889. The summed E-state index contributed by atoms with van der Waals surface area (Å²) in [6, 6.07) is 5.65. The molecule has 20 heavy (non-hydrogen) atoms. The molecule has 1 heterocycles. The molecule has 1 aliphatic carbocycles. The summed E-state index contributed by atoms with van der Waals surface area (Å²) in [6.07, 6.45) is 7.95. The van der Waals surface area contributed by atoms with Crippen LogP contribution in [0.1, 0.15) is 54.4 Å². The molecule has 1 aliphatic heterocycles. The predicted octanol–water partition coefficient (Wildman–Crippen LogP) is 3.85. The van der Waals surface area contributed by atoms with Crippen molar-refractivity contribution in [2.24, 2.45) is 5.41 Å². The minimum Gasteiger partial charge on any atom is -0.478 e. The Hall–Kier alpha value is -1.51. The highest BCUT2D eigenvalue weighted by molar-refractivity contribution is 5.94. The van der Waals surface area contributed by atoms with Gasteiger partial charge in [0.05, 0.1) is 11.3 Å². The van der Waals surface area contributed by atoms with E-state index in [1.807, 2.05) is 19.1 Å². The third-order valence-corrected chi connectivity index (χ3v) is 5.21. The van der Waals surface area contributed by atoms with Crippen molar-refractivity contribution in [1.29, 1.82) is 0 Å². The third kappa shape index (κ3) is 2.41. The first-order valence-corrected chi connectivity index (χ1v) is 7.69. The lowest BCUT2D eigenvalue weighted by Gasteiger charge is -2.41. The number of hydrogen-bond donors (Lipinski definition) is 1. The number of rotatable bonds is 2. The number of hydrogen-bond acceptors (Lipinski definition) is 2. The Morgan fingerprint density at radius 3 is 2.40 bits per heavy atom. The van der Waals surface area contributed by atoms with Gasteiger partial charge >= 0.3 is 5.97 Å². The normalized spacial score (nSPS) is 21.4. The maximum atomic E-state index is 11.4. The molecule has 1 spiro atoms. The number of aryl methyl sites for hydroxylation is 1. The number of benzene rings is 1. The number of carboxylic acid groups (broad SMARTS) is 1. The van der Waals surface area contributed by atoms with Crippen LogP contribution in [-0.4, -0.2) is 24.2 Å². The molecular weight excluding hydrogens is 250 g/mol. The maximum Gasteiger partial charge on any atom is 0.337 e. The molecule has 0 aromatic heterocycles. The topological polar surface area (TPSA) is 40.5 Å². The van der Waals surface area contributed by atoms with Crippen LogP contribution in [0.3, 0.4) is 0 Å². The zero-order chi connectivity index (χ0) is 14.2. The number of nitrogens with zero attached hydrogens (tertiary/aromatic N) is 1. The molecule has 0 atom stereocenters. The SMILES string of the molecule is Cc1ccc(C(=O)O)c(N2CCC3(CCCC3)CC2)c1. The maximum absolute atomic E-state index is 11.4. The molecule has 108 valence electrons. The van der Waals surface area contributed by atoms with E-state index in [-0.39, 0.29) is 0 Å². The van der Waals surface area contributed by atoms with E-state index in [1.54, 1.807) is 6.07 Å². The second-order valence-electron chi connectivity index (χ2n) is 6.52. The van der Waals surface area contributed by atoms with Crippen LogP contribution in [0, 0.1) is 12.3 Å². The summed E-state index contributed by atoms with van der Waals surface area (Å²) in [5.41, 5.74) is 3.05. The van der Waals surface area contributed by atoms with Gasteiger partial charge in [0.25, 0.3) is 0 Å². The summed E-state index contributed by atoms with van der Waals surface area (Å²) >= 11 is 0.